The monoisotopic (exact) mass is 322 g/mol. The van der Waals surface area contributed by atoms with E-state index in [0.29, 0.717) is 11.1 Å². The van der Waals surface area contributed by atoms with E-state index in [2.05, 4.69) is 15.9 Å². The normalized spacial score (nSPS) is 10.3. The number of ketones is 1. The van der Waals surface area contributed by atoms with Gasteiger partial charge in [-0.15, -0.1) is 0 Å². The zero-order valence-corrected chi connectivity index (χ0v) is 12.1. The Labute approximate surface area is 119 Å². The smallest absolute Gasteiger partial charge is 0.193 e. The van der Waals surface area contributed by atoms with E-state index >= 15 is 0 Å². The van der Waals surface area contributed by atoms with Gasteiger partial charge in [-0.3, -0.25) is 4.79 Å². The lowest BCUT2D eigenvalue weighted by Gasteiger charge is -2.06. The van der Waals surface area contributed by atoms with E-state index in [9.17, 15) is 9.18 Å². The summed E-state index contributed by atoms with van der Waals surface area (Å²) in [4.78, 5) is 12.2. The van der Waals surface area contributed by atoms with E-state index < -0.39 is 5.82 Å². The Morgan fingerprint density at radius 1 is 1.16 bits per heavy atom. The highest BCUT2D eigenvalue weighted by Gasteiger charge is 2.13. The molecule has 0 amide bonds. The Hall–Kier alpha value is -1.68. The van der Waals surface area contributed by atoms with Crippen molar-refractivity contribution in [2.75, 3.05) is 7.11 Å². The van der Waals surface area contributed by atoms with Crippen LogP contribution < -0.4 is 4.74 Å². The first kappa shape index (κ1) is 13.7. The van der Waals surface area contributed by atoms with Crippen molar-refractivity contribution in [1.82, 2.24) is 0 Å². The molecule has 0 spiro atoms. The summed E-state index contributed by atoms with van der Waals surface area (Å²) in [5.41, 5.74) is 1.86. The molecule has 0 saturated heterocycles. The number of hydrogen-bond acceptors (Lipinski definition) is 2. The van der Waals surface area contributed by atoms with Gasteiger partial charge in [0, 0.05) is 15.6 Å². The van der Waals surface area contributed by atoms with Gasteiger partial charge in [0.15, 0.2) is 17.3 Å². The first-order valence-electron chi connectivity index (χ1n) is 5.67. The number of hydrogen-bond donors (Lipinski definition) is 0. The largest absolute Gasteiger partial charge is 0.494 e. The molecule has 0 radical (unpaired) electrons. The zero-order valence-electron chi connectivity index (χ0n) is 10.5. The molecule has 0 bridgehead atoms. The van der Waals surface area contributed by atoms with Crippen LogP contribution in [0.3, 0.4) is 0 Å². The van der Waals surface area contributed by atoms with Crippen LogP contribution >= 0.6 is 15.9 Å². The molecule has 0 saturated carbocycles. The van der Waals surface area contributed by atoms with Crippen LogP contribution in [0.1, 0.15) is 21.5 Å². The van der Waals surface area contributed by atoms with Crippen LogP contribution in [0.4, 0.5) is 4.39 Å². The minimum absolute atomic E-state index is 0.127. The third-order valence-corrected chi connectivity index (χ3v) is 3.70. The van der Waals surface area contributed by atoms with Gasteiger partial charge < -0.3 is 4.74 Å². The van der Waals surface area contributed by atoms with Crippen LogP contribution in [0.5, 0.6) is 5.75 Å². The summed E-state index contributed by atoms with van der Waals surface area (Å²) in [6.45, 7) is 1.94. The van der Waals surface area contributed by atoms with Crippen molar-refractivity contribution in [1.29, 1.82) is 0 Å². The van der Waals surface area contributed by atoms with Crippen LogP contribution in [0.2, 0.25) is 0 Å². The van der Waals surface area contributed by atoms with E-state index in [-0.39, 0.29) is 11.5 Å². The molecule has 0 aliphatic heterocycles. The Balaban J connectivity index is 2.38. The Morgan fingerprint density at radius 3 is 2.37 bits per heavy atom. The van der Waals surface area contributed by atoms with Crippen molar-refractivity contribution in [3.63, 3.8) is 0 Å². The molecular formula is C15H12BrFO2. The summed E-state index contributed by atoms with van der Waals surface area (Å²) in [7, 11) is 1.39. The lowest BCUT2D eigenvalue weighted by molar-refractivity contribution is 0.103. The minimum atomic E-state index is -0.542. The fourth-order valence-corrected chi connectivity index (χ4v) is 2.09. The third-order valence-electron chi connectivity index (χ3n) is 2.85. The zero-order chi connectivity index (χ0) is 14.0. The van der Waals surface area contributed by atoms with Crippen molar-refractivity contribution < 1.29 is 13.9 Å². The van der Waals surface area contributed by atoms with Crippen molar-refractivity contribution >= 4 is 21.7 Å². The standard InChI is InChI=1S/C15H12BrFO2/c1-9-3-4-10(7-12(9)16)15(18)11-5-6-14(19-2)13(17)8-11/h3-8H,1-2H3. The molecule has 2 aromatic rings. The number of methoxy groups -OCH3 is 1. The second-order valence-electron chi connectivity index (χ2n) is 4.14. The molecule has 98 valence electrons. The first-order chi connectivity index (χ1) is 9.02. The van der Waals surface area contributed by atoms with Crippen molar-refractivity contribution in [2.45, 2.75) is 6.92 Å². The fourth-order valence-electron chi connectivity index (χ4n) is 1.71. The molecule has 0 N–H and O–H groups in total. The highest BCUT2D eigenvalue weighted by Crippen LogP contribution is 2.22. The number of halogens is 2. The van der Waals surface area contributed by atoms with Crippen molar-refractivity contribution in [2.24, 2.45) is 0 Å². The highest BCUT2D eigenvalue weighted by atomic mass is 79.9. The topological polar surface area (TPSA) is 26.3 Å². The average Bonchev–Trinajstić information content (AvgIpc) is 2.41. The maximum Gasteiger partial charge on any atom is 0.193 e. The second-order valence-corrected chi connectivity index (χ2v) is 5.00. The summed E-state index contributed by atoms with van der Waals surface area (Å²) in [6.07, 6.45) is 0. The Morgan fingerprint density at radius 2 is 1.79 bits per heavy atom. The van der Waals surface area contributed by atoms with Crippen LogP contribution in [0.15, 0.2) is 40.9 Å². The van der Waals surface area contributed by atoms with Crippen LogP contribution in [-0.2, 0) is 0 Å². The minimum Gasteiger partial charge on any atom is -0.494 e. The van der Waals surface area contributed by atoms with Gasteiger partial charge in [-0.1, -0.05) is 28.1 Å². The second kappa shape index (κ2) is 5.53. The van der Waals surface area contributed by atoms with Gasteiger partial charge in [-0.2, -0.15) is 0 Å². The summed E-state index contributed by atoms with van der Waals surface area (Å²) in [5.74, 6) is -0.636. The maximum atomic E-state index is 13.6. The molecule has 0 atom stereocenters. The van der Waals surface area contributed by atoms with Gasteiger partial charge in [0.1, 0.15) is 0 Å². The van der Waals surface area contributed by atoms with E-state index in [1.165, 1.54) is 19.2 Å². The molecule has 2 aromatic carbocycles. The summed E-state index contributed by atoms with van der Waals surface area (Å²) >= 11 is 3.38. The van der Waals surface area contributed by atoms with Crippen LogP contribution in [0, 0.1) is 12.7 Å². The van der Waals surface area contributed by atoms with E-state index in [1.54, 1.807) is 18.2 Å². The molecule has 0 aliphatic carbocycles. The number of carbonyl (C=O) groups is 1. The predicted molar refractivity (Wildman–Crippen MR) is 75.3 cm³/mol. The van der Waals surface area contributed by atoms with Gasteiger partial charge in [0.05, 0.1) is 7.11 Å². The third kappa shape index (κ3) is 2.84. The molecule has 0 unspecified atom stereocenters. The molecule has 2 nitrogen and oxygen atoms in total. The van der Waals surface area contributed by atoms with E-state index in [4.69, 9.17) is 4.74 Å². The average molecular weight is 323 g/mol. The molecule has 4 heteroatoms. The van der Waals surface area contributed by atoms with Gasteiger partial charge in [-0.25, -0.2) is 4.39 Å². The molecule has 0 aromatic heterocycles. The van der Waals surface area contributed by atoms with Gasteiger partial charge >= 0.3 is 0 Å². The van der Waals surface area contributed by atoms with Gasteiger partial charge in [-0.05, 0) is 36.8 Å². The fraction of sp³-hybridized carbons (Fsp3) is 0.133. The van der Waals surface area contributed by atoms with Gasteiger partial charge in [0.2, 0.25) is 0 Å². The quantitative estimate of drug-likeness (QED) is 0.794. The first-order valence-corrected chi connectivity index (χ1v) is 6.46. The molecule has 19 heavy (non-hydrogen) atoms. The maximum absolute atomic E-state index is 13.6. The number of rotatable bonds is 3. The Bertz CT molecular complexity index is 638. The van der Waals surface area contributed by atoms with Crippen LogP contribution in [-0.4, -0.2) is 12.9 Å². The molecule has 0 fully saturated rings. The number of carbonyl (C=O) groups excluding carboxylic acids is 1. The van der Waals surface area contributed by atoms with Crippen molar-refractivity contribution in [3.05, 3.63) is 63.4 Å². The Kier molecular flexibility index (Phi) is 4.00. The summed E-state index contributed by atoms with van der Waals surface area (Å²) in [5, 5.41) is 0. The summed E-state index contributed by atoms with van der Waals surface area (Å²) < 4.78 is 19.3. The molecule has 2 rings (SSSR count). The van der Waals surface area contributed by atoms with E-state index in [1.807, 2.05) is 13.0 Å². The lowest BCUT2D eigenvalue weighted by atomic mass is 10.0. The summed E-state index contributed by atoms with van der Waals surface area (Å²) in [6, 6.07) is 9.50. The van der Waals surface area contributed by atoms with E-state index in [0.717, 1.165) is 10.0 Å². The SMILES string of the molecule is COc1ccc(C(=O)c2ccc(C)c(Br)c2)cc1F. The molecule has 0 aliphatic rings. The molecule has 0 heterocycles. The highest BCUT2D eigenvalue weighted by molar-refractivity contribution is 9.10. The number of benzene rings is 2. The predicted octanol–water partition coefficient (Wildman–Crippen LogP) is 4.14. The molecular weight excluding hydrogens is 311 g/mol. The number of aryl methyl sites for hydroxylation is 1. The van der Waals surface area contributed by atoms with Crippen molar-refractivity contribution in [3.8, 4) is 5.75 Å². The lowest BCUT2D eigenvalue weighted by Crippen LogP contribution is -2.02. The van der Waals surface area contributed by atoms with Gasteiger partial charge in [0.25, 0.3) is 0 Å². The van der Waals surface area contributed by atoms with Crippen LogP contribution in [0.25, 0.3) is 0 Å². The number of ether oxygens (including phenoxy) is 1.